The molecule has 1 N–H and O–H groups in total. The number of benzene rings is 1. The molecule has 0 aliphatic heterocycles. The van der Waals surface area contributed by atoms with Gasteiger partial charge in [0.05, 0.1) is 10.2 Å². The lowest BCUT2D eigenvalue weighted by molar-refractivity contribution is 0.0920. The van der Waals surface area contributed by atoms with Gasteiger partial charge in [-0.2, -0.15) is 5.10 Å². The number of para-hydroxylation sites is 1. The first-order chi connectivity index (χ1) is 13.5. The molecule has 7 heteroatoms. The van der Waals surface area contributed by atoms with Gasteiger partial charge >= 0.3 is 0 Å². The monoisotopic (exact) mass is 445 g/mol. The molecule has 148 valence electrons. The fourth-order valence-electron chi connectivity index (χ4n) is 2.86. The van der Waals surface area contributed by atoms with E-state index >= 15 is 0 Å². The molecule has 0 saturated carbocycles. The first-order valence-electron chi connectivity index (χ1n) is 9.20. The molecule has 2 heterocycles. The highest BCUT2D eigenvalue weighted by molar-refractivity contribution is 9.10. The lowest BCUT2D eigenvalue weighted by atomic mass is 10.2. The van der Waals surface area contributed by atoms with Crippen LogP contribution in [0.15, 0.2) is 45.3 Å². The normalized spacial score (nSPS) is 10.9. The maximum absolute atomic E-state index is 12.2. The van der Waals surface area contributed by atoms with Crippen LogP contribution >= 0.6 is 15.9 Å². The standard InChI is InChI=1S/C21H24BrN3O3/c1-14-7-4-5-8-18(14)27-13-17-9-10-19(28-17)21(26)23-11-6-12-25-16(3)20(22)15(2)24-25/h4-5,7-10H,6,11-13H2,1-3H3,(H,23,26). The Bertz CT molecular complexity index is 962. The number of halogens is 1. The van der Waals surface area contributed by atoms with Gasteiger partial charge in [0, 0.05) is 18.8 Å². The average molecular weight is 446 g/mol. The molecule has 3 aromatic rings. The summed E-state index contributed by atoms with van der Waals surface area (Å²) in [6.45, 7) is 7.54. The van der Waals surface area contributed by atoms with Crippen molar-refractivity contribution in [2.45, 2.75) is 40.3 Å². The number of ether oxygens (including phenoxy) is 1. The van der Waals surface area contributed by atoms with Gasteiger partial charge in [0.15, 0.2) is 5.76 Å². The Balaban J connectivity index is 1.45. The molecule has 0 saturated heterocycles. The quantitative estimate of drug-likeness (QED) is 0.515. The van der Waals surface area contributed by atoms with E-state index in [9.17, 15) is 4.79 Å². The highest BCUT2D eigenvalue weighted by atomic mass is 79.9. The van der Waals surface area contributed by atoms with Gasteiger partial charge in [-0.1, -0.05) is 18.2 Å². The van der Waals surface area contributed by atoms with Crippen molar-refractivity contribution in [3.63, 3.8) is 0 Å². The number of carbonyl (C=O) groups excluding carboxylic acids is 1. The van der Waals surface area contributed by atoms with Crippen molar-refractivity contribution in [1.29, 1.82) is 0 Å². The van der Waals surface area contributed by atoms with Crippen molar-refractivity contribution >= 4 is 21.8 Å². The van der Waals surface area contributed by atoms with Gasteiger partial charge in [-0.3, -0.25) is 9.48 Å². The second-order valence-electron chi connectivity index (χ2n) is 6.64. The molecule has 6 nitrogen and oxygen atoms in total. The third-order valence-corrected chi connectivity index (χ3v) is 5.62. The molecule has 1 aromatic carbocycles. The lowest BCUT2D eigenvalue weighted by Crippen LogP contribution is -2.25. The molecular weight excluding hydrogens is 422 g/mol. The predicted octanol–water partition coefficient (Wildman–Crippen LogP) is 4.56. The Morgan fingerprint density at radius 3 is 2.71 bits per heavy atom. The third-order valence-electron chi connectivity index (χ3n) is 4.47. The summed E-state index contributed by atoms with van der Waals surface area (Å²) >= 11 is 3.52. The Labute approximate surface area is 173 Å². The van der Waals surface area contributed by atoms with Gasteiger partial charge in [0.25, 0.3) is 5.91 Å². The lowest BCUT2D eigenvalue weighted by Gasteiger charge is -2.07. The Morgan fingerprint density at radius 1 is 1.21 bits per heavy atom. The molecule has 3 rings (SSSR count). The van der Waals surface area contributed by atoms with E-state index in [0.29, 0.717) is 12.3 Å². The molecule has 0 spiro atoms. The molecule has 1 amide bonds. The number of furan rings is 1. The zero-order valence-electron chi connectivity index (χ0n) is 16.3. The van der Waals surface area contributed by atoms with Gasteiger partial charge in [-0.05, 0) is 66.9 Å². The summed E-state index contributed by atoms with van der Waals surface area (Å²) in [6.07, 6.45) is 0.782. The van der Waals surface area contributed by atoms with Crippen molar-refractivity contribution in [1.82, 2.24) is 15.1 Å². The van der Waals surface area contributed by atoms with Crippen LogP contribution in [0.5, 0.6) is 5.75 Å². The summed E-state index contributed by atoms with van der Waals surface area (Å²) in [5, 5.41) is 7.34. The molecule has 0 atom stereocenters. The zero-order valence-corrected chi connectivity index (χ0v) is 17.9. The van der Waals surface area contributed by atoms with Crippen LogP contribution in [0, 0.1) is 20.8 Å². The van der Waals surface area contributed by atoms with Gasteiger partial charge in [0.2, 0.25) is 0 Å². The van der Waals surface area contributed by atoms with Crippen molar-refractivity contribution in [2.24, 2.45) is 0 Å². The minimum absolute atomic E-state index is 0.225. The van der Waals surface area contributed by atoms with E-state index in [2.05, 4.69) is 26.3 Å². The first-order valence-corrected chi connectivity index (χ1v) is 10.00. The highest BCUT2D eigenvalue weighted by Crippen LogP contribution is 2.20. The molecular formula is C21H24BrN3O3. The maximum Gasteiger partial charge on any atom is 0.286 e. The average Bonchev–Trinajstić information content (AvgIpc) is 3.25. The Morgan fingerprint density at radius 2 is 2.00 bits per heavy atom. The Kier molecular flexibility index (Phi) is 6.57. The van der Waals surface area contributed by atoms with E-state index in [-0.39, 0.29) is 18.3 Å². The topological polar surface area (TPSA) is 69.3 Å². The second kappa shape index (κ2) is 9.10. The minimum Gasteiger partial charge on any atom is -0.485 e. The number of aryl methyl sites for hydroxylation is 3. The fraction of sp³-hybridized carbons (Fsp3) is 0.333. The summed E-state index contributed by atoms with van der Waals surface area (Å²) < 4.78 is 14.3. The van der Waals surface area contributed by atoms with Crippen LogP contribution in [-0.4, -0.2) is 22.2 Å². The van der Waals surface area contributed by atoms with Gasteiger partial charge in [-0.25, -0.2) is 0 Å². The molecule has 0 bridgehead atoms. The summed E-state index contributed by atoms with van der Waals surface area (Å²) in [5.41, 5.74) is 3.12. The summed E-state index contributed by atoms with van der Waals surface area (Å²) in [7, 11) is 0. The second-order valence-corrected chi connectivity index (χ2v) is 7.43. The van der Waals surface area contributed by atoms with Crippen LogP contribution in [0.2, 0.25) is 0 Å². The summed E-state index contributed by atoms with van der Waals surface area (Å²) in [6, 6.07) is 11.2. The maximum atomic E-state index is 12.2. The SMILES string of the molecule is Cc1ccccc1OCc1ccc(C(=O)NCCCn2nc(C)c(Br)c2C)o1. The first kappa shape index (κ1) is 20.2. The van der Waals surface area contributed by atoms with E-state index in [4.69, 9.17) is 9.15 Å². The number of nitrogens with one attached hydrogen (secondary N) is 1. The summed E-state index contributed by atoms with van der Waals surface area (Å²) in [4.78, 5) is 12.2. The fourth-order valence-corrected chi connectivity index (χ4v) is 3.14. The van der Waals surface area contributed by atoms with Crippen LogP contribution < -0.4 is 10.1 Å². The summed E-state index contributed by atoms with van der Waals surface area (Å²) in [5.74, 6) is 1.48. The smallest absolute Gasteiger partial charge is 0.286 e. The number of hydrogen-bond donors (Lipinski definition) is 1. The van der Waals surface area contributed by atoms with Crippen LogP contribution in [0.4, 0.5) is 0 Å². The molecule has 28 heavy (non-hydrogen) atoms. The van der Waals surface area contributed by atoms with Crippen LogP contribution in [-0.2, 0) is 13.2 Å². The molecule has 0 radical (unpaired) electrons. The minimum atomic E-state index is -0.225. The van der Waals surface area contributed by atoms with Crippen molar-refractivity contribution in [3.05, 3.63) is 69.3 Å². The molecule has 0 aliphatic rings. The van der Waals surface area contributed by atoms with Gasteiger partial charge < -0.3 is 14.5 Å². The van der Waals surface area contributed by atoms with E-state index in [1.165, 1.54) is 0 Å². The van der Waals surface area contributed by atoms with E-state index in [0.717, 1.165) is 40.1 Å². The third kappa shape index (κ3) is 4.84. The number of carbonyl (C=O) groups is 1. The number of hydrogen-bond acceptors (Lipinski definition) is 4. The largest absolute Gasteiger partial charge is 0.485 e. The number of amides is 1. The van der Waals surface area contributed by atoms with E-state index in [1.54, 1.807) is 12.1 Å². The van der Waals surface area contributed by atoms with E-state index in [1.807, 2.05) is 49.7 Å². The van der Waals surface area contributed by atoms with Crippen molar-refractivity contribution in [3.8, 4) is 5.75 Å². The van der Waals surface area contributed by atoms with Crippen molar-refractivity contribution < 1.29 is 13.9 Å². The molecule has 0 aliphatic carbocycles. The van der Waals surface area contributed by atoms with Gasteiger partial charge in [-0.15, -0.1) is 0 Å². The molecule has 0 unspecified atom stereocenters. The number of rotatable bonds is 8. The van der Waals surface area contributed by atoms with E-state index < -0.39 is 0 Å². The van der Waals surface area contributed by atoms with Crippen LogP contribution in [0.25, 0.3) is 0 Å². The predicted molar refractivity (Wildman–Crippen MR) is 111 cm³/mol. The van der Waals surface area contributed by atoms with Crippen LogP contribution in [0.1, 0.15) is 39.7 Å². The number of nitrogens with zero attached hydrogens (tertiary/aromatic N) is 2. The van der Waals surface area contributed by atoms with Crippen molar-refractivity contribution in [2.75, 3.05) is 6.54 Å². The van der Waals surface area contributed by atoms with Crippen LogP contribution in [0.3, 0.4) is 0 Å². The highest BCUT2D eigenvalue weighted by Gasteiger charge is 2.12. The van der Waals surface area contributed by atoms with Gasteiger partial charge in [0.1, 0.15) is 18.1 Å². The molecule has 0 fully saturated rings. The molecule has 2 aromatic heterocycles. The number of aromatic nitrogens is 2. The Hall–Kier alpha value is -2.54. The zero-order chi connectivity index (χ0) is 20.1.